The molecule has 0 spiro atoms. The molecule has 0 aliphatic carbocycles. The molecule has 4 aromatic rings. The summed E-state index contributed by atoms with van der Waals surface area (Å²) in [7, 11) is 14.6. The molecule has 178 valence electrons. The van der Waals surface area contributed by atoms with E-state index < -0.39 is 0 Å². The number of hydrogen-bond acceptors (Lipinski definition) is 5. The molecule has 0 saturated heterocycles. The quantitative estimate of drug-likeness (QED) is 0.156. The van der Waals surface area contributed by atoms with Crippen LogP contribution >= 0.6 is 51.9 Å². The molecule has 10 heteroatoms. The summed E-state index contributed by atoms with van der Waals surface area (Å²) >= 11 is 6.27. The monoisotopic (exact) mass is 553 g/mol. The van der Waals surface area contributed by atoms with Gasteiger partial charge in [0.2, 0.25) is 0 Å². The van der Waals surface area contributed by atoms with Crippen LogP contribution in [0, 0.1) is 6.92 Å². The number of rotatable bonds is 7. The minimum Gasteiger partial charge on any atom is -0.384 e. The molecule has 3 unspecified atom stereocenters. The second-order valence-corrected chi connectivity index (χ2v) is 11.5. The molecule has 0 bridgehead atoms. The number of unbranched alkanes of at least 4 members (excludes halogenated alkanes) is 1. The Morgan fingerprint density at radius 2 is 1.89 bits per heavy atom. The molecule has 0 fully saturated rings. The Kier molecular flexibility index (Phi) is 8.57. The zero-order valence-electron chi connectivity index (χ0n) is 19.6. The van der Waals surface area contributed by atoms with Crippen molar-refractivity contribution in [1.29, 1.82) is 0 Å². The SMILES string of the molecule is [B]c1c(P)c(NCCCC)c(P)c(P)c1C(=O)N(S)c1cc(C)ccc1-c1nc2ccccc2s1. The number of benzene rings is 3. The Morgan fingerprint density at radius 3 is 2.60 bits per heavy atom. The van der Waals surface area contributed by atoms with E-state index in [1.54, 1.807) is 11.3 Å². The molecule has 3 atom stereocenters. The van der Waals surface area contributed by atoms with Gasteiger partial charge >= 0.3 is 0 Å². The van der Waals surface area contributed by atoms with E-state index in [4.69, 9.17) is 12.8 Å². The van der Waals surface area contributed by atoms with E-state index in [0.717, 1.165) is 67.3 Å². The molecule has 1 N–H and O–H groups in total. The number of hydrogen-bond donors (Lipinski definition) is 2. The first-order valence-electron chi connectivity index (χ1n) is 11.2. The first kappa shape index (κ1) is 26.6. The van der Waals surface area contributed by atoms with Gasteiger partial charge in [0, 0.05) is 28.7 Å². The maximum atomic E-state index is 13.8. The zero-order valence-corrected chi connectivity index (χ0v) is 24.8. The van der Waals surface area contributed by atoms with Crippen molar-refractivity contribution in [1.82, 2.24) is 4.98 Å². The van der Waals surface area contributed by atoms with E-state index in [0.29, 0.717) is 16.7 Å². The number of carbonyl (C=O) groups is 1. The van der Waals surface area contributed by atoms with Crippen molar-refractivity contribution in [3.05, 3.63) is 53.6 Å². The number of aromatic nitrogens is 1. The van der Waals surface area contributed by atoms with Crippen LogP contribution in [0.3, 0.4) is 0 Å². The van der Waals surface area contributed by atoms with Gasteiger partial charge in [-0.25, -0.2) is 4.98 Å². The zero-order chi connectivity index (χ0) is 25.3. The molecule has 3 aromatic carbocycles. The highest BCUT2D eigenvalue weighted by Gasteiger charge is 2.26. The van der Waals surface area contributed by atoms with Crippen molar-refractivity contribution in [3.8, 4) is 10.6 Å². The second-order valence-electron chi connectivity index (χ2n) is 8.31. The third-order valence-electron chi connectivity index (χ3n) is 5.80. The normalized spacial score (nSPS) is 11.1. The van der Waals surface area contributed by atoms with Crippen LogP contribution in [0.25, 0.3) is 20.8 Å². The number of para-hydroxylation sites is 1. The number of amides is 1. The van der Waals surface area contributed by atoms with Crippen molar-refractivity contribution < 1.29 is 4.79 Å². The van der Waals surface area contributed by atoms with E-state index in [-0.39, 0.29) is 5.91 Å². The molecule has 4 rings (SSSR count). The van der Waals surface area contributed by atoms with Gasteiger partial charge in [0.25, 0.3) is 5.91 Å². The lowest BCUT2D eigenvalue weighted by atomic mass is 9.88. The topological polar surface area (TPSA) is 45.2 Å². The van der Waals surface area contributed by atoms with Crippen LogP contribution in [0.4, 0.5) is 11.4 Å². The average Bonchev–Trinajstić information content (AvgIpc) is 3.28. The third kappa shape index (κ3) is 5.31. The van der Waals surface area contributed by atoms with Gasteiger partial charge in [-0.05, 0) is 53.8 Å². The number of thiol groups is 1. The Bertz CT molecular complexity index is 1360. The van der Waals surface area contributed by atoms with Crippen LogP contribution < -0.4 is 31.0 Å². The number of aryl methyl sites for hydroxylation is 1. The minimum absolute atomic E-state index is 0.295. The van der Waals surface area contributed by atoms with Crippen molar-refractivity contribution in [2.75, 3.05) is 16.2 Å². The van der Waals surface area contributed by atoms with E-state index >= 15 is 0 Å². The van der Waals surface area contributed by atoms with E-state index in [1.165, 1.54) is 4.31 Å². The Labute approximate surface area is 224 Å². The highest BCUT2D eigenvalue weighted by Crippen LogP contribution is 2.38. The lowest BCUT2D eigenvalue weighted by Crippen LogP contribution is -2.43. The van der Waals surface area contributed by atoms with Crippen molar-refractivity contribution in [3.63, 3.8) is 0 Å². The van der Waals surface area contributed by atoms with Gasteiger partial charge in [-0.15, -0.1) is 39.1 Å². The highest BCUT2D eigenvalue weighted by atomic mass is 32.1. The molecule has 1 aromatic heterocycles. The number of nitrogens with zero attached hydrogens (tertiary/aromatic N) is 2. The lowest BCUT2D eigenvalue weighted by Gasteiger charge is -2.25. The number of nitrogens with one attached hydrogen (secondary N) is 1. The smallest absolute Gasteiger partial charge is 0.268 e. The van der Waals surface area contributed by atoms with Crippen LogP contribution in [-0.2, 0) is 0 Å². The van der Waals surface area contributed by atoms with E-state index in [2.05, 4.69) is 52.8 Å². The maximum Gasteiger partial charge on any atom is 0.268 e. The minimum atomic E-state index is -0.295. The second kappa shape index (κ2) is 11.3. The number of fused-ring (bicyclic) bond motifs is 1. The molecule has 0 aliphatic heterocycles. The Hall–Kier alpha value is -1.48. The summed E-state index contributed by atoms with van der Waals surface area (Å²) < 4.78 is 2.47. The third-order valence-corrected chi connectivity index (χ3v) is 9.40. The molecule has 0 aliphatic rings. The Balaban J connectivity index is 1.77. The van der Waals surface area contributed by atoms with Crippen molar-refractivity contribution >= 4 is 109 Å². The molecular weight excluding hydrogens is 526 g/mol. The molecule has 1 heterocycles. The molecule has 35 heavy (non-hydrogen) atoms. The van der Waals surface area contributed by atoms with Crippen LogP contribution in [-0.4, -0.2) is 25.3 Å². The summed E-state index contributed by atoms with van der Waals surface area (Å²) in [5, 5.41) is 6.69. The van der Waals surface area contributed by atoms with E-state index in [9.17, 15) is 4.79 Å². The van der Waals surface area contributed by atoms with Crippen LogP contribution in [0.1, 0.15) is 35.7 Å². The standard InChI is InChI=1S/C25H27BN3OP3S2/c1-3-4-11-27-20-22(32)19(26)18(21(31)23(20)33)25(30)29(34)16-12-13(2)9-10-14(16)24-28-15-7-5-6-8-17(15)35-24/h5-10,12,27,34H,3-4,11,31-33H2,1-2H3. The highest BCUT2D eigenvalue weighted by molar-refractivity contribution is 7.82. The van der Waals surface area contributed by atoms with Gasteiger partial charge in [-0.1, -0.05) is 49.8 Å². The van der Waals surface area contributed by atoms with Gasteiger partial charge in [-0.2, -0.15) is 0 Å². The summed E-state index contributed by atoms with van der Waals surface area (Å²) in [5.41, 5.74) is 5.22. The summed E-state index contributed by atoms with van der Waals surface area (Å²) in [4.78, 5) is 18.6. The summed E-state index contributed by atoms with van der Waals surface area (Å²) in [5.74, 6) is -0.295. The number of anilines is 2. The predicted octanol–water partition coefficient (Wildman–Crippen LogP) is 4.27. The van der Waals surface area contributed by atoms with E-state index in [1.807, 2.05) is 49.4 Å². The first-order valence-corrected chi connectivity index (χ1v) is 14.2. The summed E-state index contributed by atoms with van der Waals surface area (Å²) in [6, 6.07) is 14.0. The van der Waals surface area contributed by atoms with Crippen LogP contribution in [0.2, 0.25) is 0 Å². The van der Waals surface area contributed by atoms with Gasteiger partial charge in [0.15, 0.2) is 0 Å². The maximum absolute atomic E-state index is 13.8. The predicted molar refractivity (Wildman–Crippen MR) is 169 cm³/mol. The average molecular weight is 553 g/mol. The van der Waals surface area contributed by atoms with Crippen molar-refractivity contribution in [2.45, 2.75) is 26.7 Å². The fourth-order valence-electron chi connectivity index (χ4n) is 3.84. The fourth-order valence-corrected chi connectivity index (χ4v) is 6.50. The summed E-state index contributed by atoms with van der Waals surface area (Å²) in [6.07, 6.45) is 2.14. The van der Waals surface area contributed by atoms with Gasteiger partial charge < -0.3 is 5.32 Å². The van der Waals surface area contributed by atoms with Crippen LogP contribution in [0.15, 0.2) is 42.5 Å². The van der Waals surface area contributed by atoms with Crippen molar-refractivity contribution in [2.24, 2.45) is 0 Å². The molecule has 0 saturated carbocycles. The van der Waals surface area contributed by atoms with Crippen LogP contribution in [0.5, 0.6) is 0 Å². The number of thiazole rings is 1. The first-order chi connectivity index (χ1) is 16.7. The molecule has 2 radical (unpaired) electrons. The van der Waals surface area contributed by atoms with Gasteiger partial charge in [0.05, 0.1) is 15.9 Å². The molecule has 4 nitrogen and oxygen atoms in total. The lowest BCUT2D eigenvalue weighted by molar-refractivity contribution is 0.101. The van der Waals surface area contributed by atoms with Gasteiger partial charge in [0.1, 0.15) is 12.9 Å². The summed E-state index contributed by atoms with van der Waals surface area (Å²) in [6.45, 7) is 4.98. The molecular formula is C25H27BN3OP3S2. The van der Waals surface area contributed by atoms with Gasteiger partial charge in [-0.3, -0.25) is 9.10 Å². The fraction of sp³-hybridized carbons (Fsp3) is 0.200. The Morgan fingerprint density at radius 1 is 1.14 bits per heavy atom. The largest absolute Gasteiger partial charge is 0.384 e. The molecule has 1 amide bonds. The number of carbonyl (C=O) groups excluding carboxylic acids is 1.